The Labute approximate surface area is 102 Å². The van der Waals surface area contributed by atoms with Crippen LogP contribution in [0.5, 0.6) is 0 Å². The molecule has 1 nitrogen and oxygen atoms in total. The van der Waals surface area contributed by atoms with Gasteiger partial charge in [-0.25, -0.2) is 0 Å². The molecule has 0 radical (unpaired) electrons. The highest BCUT2D eigenvalue weighted by Gasteiger charge is 2.07. The molecular weight excluding hydrogens is 229 g/mol. The molecule has 0 bridgehead atoms. The fraction of sp³-hybridized carbons (Fsp3) is 0.500. The van der Waals surface area contributed by atoms with Crippen LogP contribution in [0.3, 0.4) is 0 Å². The molecule has 0 amide bonds. The smallest absolute Gasteiger partial charge is 0.0399 e. The summed E-state index contributed by atoms with van der Waals surface area (Å²) in [5.74, 6) is 1.26. The van der Waals surface area contributed by atoms with Gasteiger partial charge < -0.3 is 4.90 Å². The summed E-state index contributed by atoms with van der Waals surface area (Å²) >= 11 is 11.6. The molecule has 0 fully saturated rings. The number of halogens is 2. The van der Waals surface area contributed by atoms with Crippen LogP contribution in [0.15, 0.2) is 18.2 Å². The van der Waals surface area contributed by atoms with Gasteiger partial charge in [0.15, 0.2) is 0 Å². The molecule has 0 spiro atoms. The summed E-state index contributed by atoms with van der Waals surface area (Å²) in [6.07, 6.45) is 0. The van der Waals surface area contributed by atoms with Gasteiger partial charge in [0.05, 0.1) is 0 Å². The molecule has 0 atom stereocenters. The molecule has 1 aromatic carbocycles. The third kappa shape index (κ3) is 3.58. The Morgan fingerprint density at radius 1 is 1.07 bits per heavy atom. The molecule has 0 aliphatic rings. The maximum atomic E-state index is 5.79. The quantitative estimate of drug-likeness (QED) is 0.717. The van der Waals surface area contributed by atoms with Crippen molar-refractivity contribution >= 4 is 28.9 Å². The Hall–Kier alpha value is -0.400. The number of benzene rings is 1. The molecule has 0 aliphatic carbocycles. The largest absolute Gasteiger partial charge is 0.369 e. The van der Waals surface area contributed by atoms with Crippen LogP contribution in [0.25, 0.3) is 0 Å². The van der Waals surface area contributed by atoms with Gasteiger partial charge in [0.2, 0.25) is 0 Å². The minimum absolute atomic E-state index is 0.629. The SMILES string of the molecule is Cc1ccc(C)c(N(CCCl)CCCl)c1. The van der Waals surface area contributed by atoms with Crippen LogP contribution in [0, 0.1) is 13.8 Å². The van der Waals surface area contributed by atoms with Crippen LogP contribution in [-0.2, 0) is 0 Å². The van der Waals surface area contributed by atoms with Gasteiger partial charge in [-0.3, -0.25) is 0 Å². The zero-order valence-electron chi connectivity index (χ0n) is 9.26. The first-order valence-corrected chi connectivity index (χ1v) is 6.20. The predicted octanol–water partition coefficient (Wildman–Crippen LogP) is 3.59. The molecule has 0 aromatic heterocycles. The third-order valence-electron chi connectivity index (χ3n) is 2.41. The molecule has 0 N–H and O–H groups in total. The number of nitrogens with zero attached hydrogens (tertiary/aromatic N) is 1. The van der Waals surface area contributed by atoms with Crippen molar-refractivity contribution in [1.82, 2.24) is 0 Å². The van der Waals surface area contributed by atoms with Crippen LogP contribution < -0.4 is 4.90 Å². The molecule has 0 saturated heterocycles. The second-order valence-electron chi connectivity index (χ2n) is 3.65. The van der Waals surface area contributed by atoms with E-state index in [1.165, 1.54) is 16.8 Å². The van der Waals surface area contributed by atoms with Crippen LogP contribution in [0.1, 0.15) is 11.1 Å². The van der Waals surface area contributed by atoms with Gasteiger partial charge in [-0.2, -0.15) is 0 Å². The Balaban J connectivity index is 2.93. The molecule has 84 valence electrons. The van der Waals surface area contributed by atoms with Crippen molar-refractivity contribution in [3.05, 3.63) is 29.3 Å². The molecule has 0 heterocycles. The first-order chi connectivity index (χ1) is 7.19. The highest BCUT2D eigenvalue weighted by Crippen LogP contribution is 2.21. The molecular formula is C12H17Cl2N. The van der Waals surface area contributed by atoms with Gasteiger partial charge in [0.25, 0.3) is 0 Å². The van der Waals surface area contributed by atoms with Gasteiger partial charge in [-0.1, -0.05) is 12.1 Å². The fourth-order valence-corrected chi connectivity index (χ4v) is 2.02. The summed E-state index contributed by atoms with van der Waals surface area (Å²) in [5, 5.41) is 0. The first kappa shape index (κ1) is 12.7. The van der Waals surface area contributed by atoms with Crippen LogP contribution in [-0.4, -0.2) is 24.8 Å². The molecule has 1 rings (SSSR count). The van der Waals surface area contributed by atoms with Crippen molar-refractivity contribution in [2.45, 2.75) is 13.8 Å². The maximum Gasteiger partial charge on any atom is 0.0399 e. The second kappa shape index (κ2) is 6.24. The molecule has 0 unspecified atom stereocenters. The average Bonchev–Trinajstić information content (AvgIpc) is 2.21. The third-order valence-corrected chi connectivity index (χ3v) is 2.75. The zero-order chi connectivity index (χ0) is 11.3. The standard InChI is InChI=1S/C12H17Cl2N/c1-10-3-4-11(2)12(9-10)15(7-5-13)8-6-14/h3-4,9H,5-8H2,1-2H3. The summed E-state index contributed by atoms with van der Waals surface area (Å²) in [6.45, 7) is 5.91. The normalized spacial score (nSPS) is 10.4. The first-order valence-electron chi connectivity index (χ1n) is 5.13. The van der Waals surface area contributed by atoms with E-state index in [4.69, 9.17) is 23.2 Å². The number of alkyl halides is 2. The number of aryl methyl sites for hydroxylation is 2. The Bertz CT molecular complexity index is 306. The van der Waals surface area contributed by atoms with Gasteiger partial charge in [0.1, 0.15) is 0 Å². The lowest BCUT2D eigenvalue weighted by atomic mass is 10.1. The zero-order valence-corrected chi connectivity index (χ0v) is 10.8. The highest BCUT2D eigenvalue weighted by atomic mass is 35.5. The lowest BCUT2D eigenvalue weighted by Gasteiger charge is -2.25. The molecule has 0 saturated carbocycles. The lowest BCUT2D eigenvalue weighted by molar-refractivity contribution is 0.868. The van der Waals surface area contributed by atoms with Crippen LogP contribution >= 0.6 is 23.2 Å². The van der Waals surface area contributed by atoms with E-state index in [0.29, 0.717) is 11.8 Å². The number of hydrogen-bond donors (Lipinski definition) is 0. The fourth-order valence-electron chi connectivity index (χ4n) is 1.62. The van der Waals surface area contributed by atoms with Crippen molar-refractivity contribution < 1.29 is 0 Å². The molecule has 1 aromatic rings. The Kier molecular flexibility index (Phi) is 5.27. The predicted molar refractivity (Wildman–Crippen MR) is 69.6 cm³/mol. The Morgan fingerprint density at radius 2 is 1.67 bits per heavy atom. The van der Waals surface area contributed by atoms with Crippen molar-refractivity contribution in [1.29, 1.82) is 0 Å². The topological polar surface area (TPSA) is 3.24 Å². The van der Waals surface area contributed by atoms with Gasteiger partial charge in [0, 0.05) is 30.5 Å². The average molecular weight is 246 g/mol. The van der Waals surface area contributed by atoms with Gasteiger partial charge in [-0.15, -0.1) is 23.2 Å². The van der Waals surface area contributed by atoms with E-state index in [0.717, 1.165) is 13.1 Å². The molecule has 0 aliphatic heterocycles. The van der Waals surface area contributed by atoms with E-state index < -0.39 is 0 Å². The minimum Gasteiger partial charge on any atom is -0.369 e. The number of anilines is 1. The van der Waals surface area contributed by atoms with E-state index in [1.54, 1.807) is 0 Å². The van der Waals surface area contributed by atoms with Gasteiger partial charge in [-0.05, 0) is 31.0 Å². The van der Waals surface area contributed by atoms with Crippen LogP contribution in [0.4, 0.5) is 5.69 Å². The van der Waals surface area contributed by atoms with E-state index in [9.17, 15) is 0 Å². The van der Waals surface area contributed by atoms with E-state index in [1.807, 2.05) is 0 Å². The summed E-state index contributed by atoms with van der Waals surface area (Å²) in [6, 6.07) is 6.45. The molecule has 3 heteroatoms. The van der Waals surface area contributed by atoms with Crippen LogP contribution in [0.2, 0.25) is 0 Å². The second-order valence-corrected chi connectivity index (χ2v) is 4.41. The van der Waals surface area contributed by atoms with Gasteiger partial charge >= 0.3 is 0 Å². The number of rotatable bonds is 5. The lowest BCUT2D eigenvalue weighted by Crippen LogP contribution is -2.28. The van der Waals surface area contributed by atoms with E-state index in [2.05, 4.69) is 36.9 Å². The maximum absolute atomic E-state index is 5.79. The summed E-state index contributed by atoms with van der Waals surface area (Å²) < 4.78 is 0. The number of hydrogen-bond acceptors (Lipinski definition) is 1. The Morgan fingerprint density at radius 3 is 2.20 bits per heavy atom. The van der Waals surface area contributed by atoms with Crippen molar-refractivity contribution in [3.63, 3.8) is 0 Å². The summed E-state index contributed by atoms with van der Waals surface area (Å²) in [4.78, 5) is 2.24. The van der Waals surface area contributed by atoms with E-state index in [-0.39, 0.29) is 0 Å². The molecule has 15 heavy (non-hydrogen) atoms. The minimum atomic E-state index is 0.629. The highest BCUT2D eigenvalue weighted by molar-refractivity contribution is 6.18. The van der Waals surface area contributed by atoms with Crippen molar-refractivity contribution in [2.24, 2.45) is 0 Å². The van der Waals surface area contributed by atoms with E-state index >= 15 is 0 Å². The summed E-state index contributed by atoms with van der Waals surface area (Å²) in [7, 11) is 0. The monoisotopic (exact) mass is 245 g/mol. The van der Waals surface area contributed by atoms with Crippen molar-refractivity contribution in [2.75, 3.05) is 29.7 Å². The van der Waals surface area contributed by atoms with Crippen molar-refractivity contribution in [3.8, 4) is 0 Å². The summed E-state index contributed by atoms with van der Waals surface area (Å²) in [5.41, 5.74) is 3.79.